The number of halogens is 1. The zero-order valence-corrected chi connectivity index (χ0v) is 10.9. The molecule has 1 atom stereocenters. The summed E-state index contributed by atoms with van der Waals surface area (Å²) in [6, 6.07) is 9.05. The van der Waals surface area contributed by atoms with Crippen molar-refractivity contribution < 1.29 is 4.39 Å². The minimum atomic E-state index is -0.143. The Hall–Kier alpha value is -1.19. The maximum Gasteiger partial charge on any atom is 0.127 e. The Labute approximate surface area is 105 Å². The number of aryl methyl sites for hydroxylation is 1. The van der Waals surface area contributed by atoms with Crippen LogP contribution in [0.25, 0.3) is 0 Å². The van der Waals surface area contributed by atoms with Crippen molar-refractivity contribution in [2.24, 2.45) is 0 Å². The van der Waals surface area contributed by atoms with Gasteiger partial charge in [0.25, 0.3) is 0 Å². The summed E-state index contributed by atoms with van der Waals surface area (Å²) in [4.78, 5) is 1.31. The maximum absolute atomic E-state index is 13.5. The van der Waals surface area contributed by atoms with E-state index in [2.05, 4.69) is 23.7 Å². The maximum atomic E-state index is 13.5. The molecule has 0 aliphatic rings. The van der Waals surface area contributed by atoms with Crippen LogP contribution in [0.1, 0.15) is 29.0 Å². The summed E-state index contributed by atoms with van der Waals surface area (Å²) >= 11 is 1.73. The van der Waals surface area contributed by atoms with Crippen LogP contribution in [0.4, 0.5) is 4.39 Å². The molecule has 2 aromatic rings. The molecule has 2 rings (SSSR count). The smallest absolute Gasteiger partial charge is 0.127 e. The average Bonchev–Trinajstić information content (AvgIpc) is 2.72. The molecule has 0 fully saturated rings. The molecule has 1 heterocycles. The molecule has 3 heteroatoms. The van der Waals surface area contributed by atoms with E-state index in [0.29, 0.717) is 0 Å². The van der Waals surface area contributed by atoms with Gasteiger partial charge in [0.1, 0.15) is 5.82 Å². The fourth-order valence-corrected chi connectivity index (χ4v) is 2.62. The number of thiophene rings is 1. The van der Waals surface area contributed by atoms with E-state index in [9.17, 15) is 4.39 Å². The van der Waals surface area contributed by atoms with Gasteiger partial charge in [-0.15, -0.1) is 11.3 Å². The Balaban J connectivity index is 2.01. The second kappa shape index (κ2) is 5.43. The van der Waals surface area contributed by atoms with Gasteiger partial charge in [-0.1, -0.05) is 18.2 Å². The molecular formula is C14H16FNS. The summed E-state index contributed by atoms with van der Waals surface area (Å²) in [5, 5.41) is 5.44. The van der Waals surface area contributed by atoms with Crippen molar-refractivity contribution >= 4 is 11.3 Å². The molecule has 0 saturated carbocycles. The van der Waals surface area contributed by atoms with Gasteiger partial charge in [-0.2, -0.15) is 0 Å². The van der Waals surface area contributed by atoms with Crippen LogP contribution in [0, 0.1) is 12.7 Å². The highest BCUT2D eigenvalue weighted by Gasteiger charge is 2.10. The summed E-state index contributed by atoms with van der Waals surface area (Å²) in [5.41, 5.74) is 2.02. The van der Waals surface area contributed by atoms with Crippen molar-refractivity contribution in [1.82, 2.24) is 5.32 Å². The van der Waals surface area contributed by atoms with Gasteiger partial charge in [0.05, 0.1) is 0 Å². The predicted octanol–water partition coefficient (Wildman–Crippen LogP) is 4.05. The summed E-state index contributed by atoms with van der Waals surface area (Å²) in [7, 11) is 0. The third-order valence-electron chi connectivity index (χ3n) is 2.91. The van der Waals surface area contributed by atoms with Crippen LogP contribution in [0.2, 0.25) is 0 Å². The van der Waals surface area contributed by atoms with Crippen LogP contribution in [0.3, 0.4) is 0 Å². The molecule has 0 aliphatic heterocycles. The first-order chi connectivity index (χ1) is 8.18. The largest absolute Gasteiger partial charge is 0.305 e. The van der Waals surface area contributed by atoms with E-state index in [1.807, 2.05) is 19.1 Å². The van der Waals surface area contributed by atoms with Gasteiger partial charge >= 0.3 is 0 Å². The lowest BCUT2D eigenvalue weighted by Gasteiger charge is -2.14. The molecule has 1 aromatic carbocycles. The number of hydrogen-bond donors (Lipinski definition) is 1. The van der Waals surface area contributed by atoms with Crippen LogP contribution in [-0.2, 0) is 6.54 Å². The second-order valence-electron chi connectivity index (χ2n) is 4.15. The molecular weight excluding hydrogens is 233 g/mol. The van der Waals surface area contributed by atoms with Gasteiger partial charge in [0.15, 0.2) is 0 Å². The fourth-order valence-electron chi connectivity index (χ4n) is 1.77. The van der Waals surface area contributed by atoms with Crippen LogP contribution >= 0.6 is 11.3 Å². The monoisotopic (exact) mass is 249 g/mol. The first-order valence-electron chi connectivity index (χ1n) is 5.69. The molecule has 90 valence electrons. The summed E-state index contributed by atoms with van der Waals surface area (Å²) in [6.45, 7) is 4.88. The van der Waals surface area contributed by atoms with Crippen LogP contribution in [0.5, 0.6) is 0 Å². The molecule has 1 nitrogen and oxygen atoms in total. The minimum absolute atomic E-state index is 0.0256. The van der Waals surface area contributed by atoms with E-state index in [0.717, 1.165) is 12.1 Å². The lowest BCUT2D eigenvalue weighted by molar-refractivity contribution is 0.530. The van der Waals surface area contributed by atoms with Gasteiger partial charge in [0.2, 0.25) is 0 Å². The van der Waals surface area contributed by atoms with E-state index in [-0.39, 0.29) is 11.9 Å². The Morgan fingerprint density at radius 2 is 2.06 bits per heavy atom. The van der Waals surface area contributed by atoms with Crippen molar-refractivity contribution in [1.29, 1.82) is 0 Å². The van der Waals surface area contributed by atoms with Crippen LogP contribution in [0.15, 0.2) is 35.7 Å². The van der Waals surface area contributed by atoms with Gasteiger partial charge in [-0.25, -0.2) is 4.39 Å². The molecule has 1 aromatic heterocycles. The Bertz CT molecular complexity index is 492. The lowest BCUT2D eigenvalue weighted by atomic mass is 10.1. The number of rotatable bonds is 4. The van der Waals surface area contributed by atoms with Crippen molar-refractivity contribution in [3.05, 3.63) is 57.5 Å². The molecule has 0 radical (unpaired) electrons. The quantitative estimate of drug-likeness (QED) is 0.862. The van der Waals surface area contributed by atoms with E-state index in [4.69, 9.17) is 0 Å². The Morgan fingerprint density at radius 3 is 2.71 bits per heavy atom. The van der Waals surface area contributed by atoms with Crippen molar-refractivity contribution in [2.75, 3.05) is 0 Å². The van der Waals surface area contributed by atoms with Gasteiger partial charge in [-0.05, 0) is 36.9 Å². The van der Waals surface area contributed by atoms with Crippen molar-refractivity contribution in [3.63, 3.8) is 0 Å². The number of nitrogens with one attached hydrogen (secondary N) is 1. The minimum Gasteiger partial charge on any atom is -0.305 e. The summed E-state index contributed by atoms with van der Waals surface area (Å²) < 4.78 is 13.5. The molecule has 0 saturated heterocycles. The third-order valence-corrected chi connectivity index (χ3v) is 3.93. The number of hydrogen-bond acceptors (Lipinski definition) is 2. The van der Waals surface area contributed by atoms with Gasteiger partial charge in [0, 0.05) is 23.0 Å². The van der Waals surface area contributed by atoms with E-state index >= 15 is 0 Å². The molecule has 0 spiro atoms. The highest BCUT2D eigenvalue weighted by atomic mass is 32.1. The fraction of sp³-hybridized carbons (Fsp3) is 0.286. The van der Waals surface area contributed by atoms with Gasteiger partial charge in [-0.3, -0.25) is 0 Å². The zero-order chi connectivity index (χ0) is 12.3. The highest BCUT2D eigenvalue weighted by molar-refractivity contribution is 7.10. The van der Waals surface area contributed by atoms with Crippen LogP contribution < -0.4 is 5.32 Å². The highest BCUT2D eigenvalue weighted by Crippen LogP contribution is 2.19. The first-order valence-corrected chi connectivity index (χ1v) is 6.57. The summed E-state index contributed by atoms with van der Waals surface area (Å²) in [6.07, 6.45) is 0. The van der Waals surface area contributed by atoms with Crippen molar-refractivity contribution in [2.45, 2.75) is 26.4 Å². The van der Waals surface area contributed by atoms with Crippen LogP contribution in [-0.4, -0.2) is 0 Å². The Kier molecular flexibility index (Phi) is 3.92. The second-order valence-corrected chi connectivity index (χ2v) is 5.15. The van der Waals surface area contributed by atoms with E-state index in [1.165, 1.54) is 16.5 Å². The molecule has 17 heavy (non-hydrogen) atoms. The van der Waals surface area contributed by atoms with E-state index in [1.54, 1.807) is 17.4 Å². The molecule has 1 N–H and O–H groups in total. The average molecular weight is 249 g/mol. The van der Waals surface area contributed by atoms with E-state index < -0.39 is 0 Å². The van der Waals surface area contributed by atoms with Crippen molar-refractivity contribution in [3.8, 4) is 0 Å². The molecule has 0 amide bonds. The molecule has 0 bridgehead atoms. The predicted molar refractivity (Wildman–Crippen MR) is 70.7 cm³/mol. The molecule has 0 aliphatic carbocycles. The SMILES string of the molecule is Cc1ccsc1CNC(C)c1ccccc1F. The van der Waals surface area contributed by atoms with Gasteiger partial charge < -0.3 is 5.32 Å². The molecule has 1 unspecified atom stereocenters. The first kappa shape index (κ1) is 12.3. The number of benzene rings is 1. The summed E-state index contributed by atoms with van der Waals surface area (Å²) in [5.74, 6) is -0.143. The standard InChI is InChI=1S/C14H16FNS/c1-10-7-8-17-14(10)9-16-11(2)12-5-3-4-6-13(12)15/h3-8,11,16H,9H2,1-2H3. The lowest BCUT2D eigenvalue weighted by Crippen LogP contribution is -2.18. The topological polar surface area (TPSA) is 12.0 Å². The third kappa shape index (κ3) is 2.93. The normalized spacial score (nSPS) is 12.6. The Morgan fingerprint density at radius 1 is 1.29 bits per heavy atom. The zero-order valence-electron chi connectivity index (χ0n) is 10.0.